The van der Waals surface area contributed by atoms with Crippen LogP contribution >= 0.6 is 0 Å². The first kappa shape index (κ1) is 11.5. The third-order valence-corrected chi connectivity index (χ3v) is 4.60. The normalized spacial score (nSPS) is 37.9. The fourth-order valence-corrected chi connectivity index (χ4v) is 3.66. The molecule has 0 N–H and O–H groups in total. The van der Waals surface area contributed by atoms with Crippen molar-refractivity contribution in [1.82, 2.24) is 0 Å². The zero-order valence-electron chi connectivity index (χ0n) is 10.8. The number of hydrogen-bond donors (Lipinski definition) is 0. The highest BCUT2D eigenvalue weighted by Crippen LogP contribution is 2.45. The fraction of sp³-hybridized carbons (Fsp3) is 0.733. The summed E-state index contributed by atoms with van der Waals surface area (Å²) in [4.78, 5) is 0. The Morgan fingerprint density at radius 1 is 1.24 bits per heavy atom. The van der Waals surface area contributed by atoms with Crippen molar-refractivity contribution in [3.05, 3.63) is 22.5 Å². The van der Waals surface area contributed by atoms with Crippen LogP contribution in [0.2, 0.25) is 0 Å². The lowest BCUT2D eigenvalue weighted by atomic mass is 9.72. The lowest BCUT2D eigenvalue weighted by molar-refractivity contribution is -0.0404. The van der Waals surface area contributed by atoms with E-state index in [1.807, 2.05) is 6.92 Å². The maximum atomic E-state index is 14.1. The smallest absolute Gasteiger partial charge is 0.125 e. The molecule has 0 spiro atoms. The lowest BCUT2D eigenvalue weighted by Gasteiger charge is -2.42. The topological polar surface area (TPSA) is 9.23 Å². The highest BCUT2D eigenvalue weighted by atomic mass is 19.1. The van der Waals surface area contributed by atoms with Crippen molar-refractivity contribution in [2.24, 2.45) is 11.8 Å². The molecule has 3 atom stereocenters. The zero-order chi connectivity index (χ0) is 12.0. The number of rotatable bonds is 0. The molecule has 0 amide bonds. The maximum Gasteiger partial charge on any atom is 0.125 e. The number of hydrogen-bond acceptors (Lipinski definition) is 1. The summed E-state index contributed by atoms with van der Waals surface area (Å²) in [5, 5.41) is 0. The number of fused-ring (bicyclic) bond motifs is 2. The van der Waals surface area contributed by atoms with E-state index in [0.717, 1.165) is 43.4 Å². The molecule has 1 aliphatic heterocycles. The summed E-state index contributed by atoms with van der Waals surface area (Å²) < 4.78 is 20.1. The van der Waals surface area contributed by atoms with Crippen molar-refractivity contribution in [2.45, 2.75) is 52.1 Å². The monoisotopic (exact) mass is 236 g/mol. The van der Waals surface area contributed by atoms with E-state index in [2.05, 4.69) is 6.92 Å². The molecule has 0 aromatic rings. The van der Waals surface area contributed by atoms with Gasteiger partial charge < -0.3 is 4.74 Å². The van der Waals surface area contributed by atoms with Crippen molar-refractivity contribution in [1.29, 1.82) is 0 Å². The Morgan fingerprint density at radius 3 is 2.88 bits per heavy atom. The van der Waals surface area contributed by atoms with E-state index < -0.39 is 0 Å². The first-order chi connectivity index (χ1) is 8.16. The second-order valence-corrected chi connectivity index (χ2v) is 5.99. The van der Waals surface area contributed by atoms with Gasteiger partial charge in [-0.2, -0.15) is 0 Å². The zero-order valence-corrected chi connectivity index (χ0v) is 10.8. The molecule has 0 aromatic carbocycles. The van der Waals surface area contributed by atoms with Crippen molar-refractivity contribution < 1.29 is 9.13 Å². The van der Waals surface area contributed by atoms with E-state index in [1.54, 1.807) is 0 Å². The van der Waals surface area contributed by atoms with Gasteiger partial charge in [0.25, 0.3) is 0 Å². The molecule has 0 radical (unpaired) electrons. The fourth-order valence-electron chi connectivity index (χ4n) is 3.66. The molecule has 17 heavy (non-hydrogen) atoms. The first-order valence-electron chi connectivity index (χ1n) is 6.86. The van der Waals surface area contributed by atoms with Crippen LogP contribution in [0.1, 0.15) is 46.0 Å². The van der Waals surface area contributed by atoms with Gasteiger partial charge in [-0.15, -0.1) is 0 Å². The predicted octanol–water partition coefficient (Wildman–Crippen LogP) is 4.16. The van der Waals surface area contributed by atoms with E-state index in [9.17, 15) is 4.39 Å². The second kappa shape index (κ2) is 4.24. The summed E-state index contributed by atoms with van der Waals surface area (Å²) in [5.41, 5.74) is 3.21. The van der Waals surface area contributed by atoms with Gasteiger partial charge in [-0.25, -0.2) is 4.39 Å². The molecule has 2 heteroatoms. The molecule has 94 valence electrons. The Hall–Kier alpha value is -0.630. The van der Waals surface area contributed by atoms with Gasteiger partial charge in [0, 0.05) is 6.61 Å². The number of halogens is 1. The van der Waals surface area contributed by atoms with Gasteiger partial charge in [-0.1, -0.05) is 6.92 Å². The minimum absolute atomic E-state index is 0.0759. The summed E-state index contributed by atoms with van der Waals surface area (Å²) in [6.07, 6.45) is 5.42. The molecular formula is C15H21FO. The average molecular weight is 236 g/mol. The van der Waals surface area contributed by atoms with Crippen LogP contribution in [0.25, 0.3) is 0 Å². The standard InChI is InChI=1S/C15H21FO/c1-9-7-11-4-6-12-13(15(11)17-8-9)5-3-10(2)14(12)16/h9,11,15H,3-8H2,1-2H3. The summed E-state index contributed by atoms with van der Waals surface area (Å²) in [5.74, 6) is 1.39. The van der Waals surface area contributed by atoms with Crippen LogP contribution in [-0.2, 0) is 4.74 Å². The Balaban J connectivity index is 1.92. The van der Waals surface area contributed by atoms with Gasteiger partial charge >= 0.3 is 0 Å². The molecule has 1 saturated heterocycles. The van der Waals surface area contributed by atoms with Crippen molar-refractivity contribution in [3.63, 3.8) is 0 Å². The molecule has 2 aliphatic carbocycles. The van der Waals surface area contributed by atoms with Gasteiger partial charge in [0.1, 0.15) is 5.83 Å². The van der Waals surface area contributed by atoms with Gasteiger partial charge in [0.2, 0.25) is 0 Å². The van der Waals surface area contributed by atoms with Gasteiger partial charge in [-0.3, -0.25) is 0 Å². The number of allylic oxidation sites excluding steroid dienone is 3. The molecule has 3 unspecified atom stereocenters. The average Bonchev–Trinajstić information content (AvgIpc) is 2.33. The highest BCUT2D eigenvalue weighted by molar-refractivity contribution is 5.41. The second-order valence-electron chi connectivity index (χ2n) is 5.99. The Labute approximate surface area is 103 Å². The van der Waals surface area contributed by atoms with Gasteiger partial charge in [-0.05, 0) is 67.6 Å². The molecular weight excluding hydrogens is 215 g/mol. The third kappa shape index (κ3) is 1.87. The Morgan fingerprint density at radius 2 is 2.06 bits per heavy atom. The van der Waals surface area contributed by atoms with Crippen molar-refractivity contribution in [2.75, 3.05) is 6.61 Å². The van der Waals surface area contributed by atoms with Crippen LogP contribution in [0.15, 0.2) is 22.5 Å². The summed E-state index contributed by atoms with van der Waals surface area (Å²) in [7, 11) is 0. The molecule has 1 nitrogen and oxygen atoms in total. The van der Waals surface area contributed by atoms with Crippen LogP contribution in [0.3, 0.4) is 0 Å². The van der Waals surface area contributed by atoms with Crippen LogP contribution in [-0.4, -0.2) is 12.7 Å². The molecule has 3 aliphatic rings. The van der Waals surface area contributed by atoms with Crippen LogP contribution < -0.4 is 0 Å². The first-order valence-corrected chi connectivity index (χ1v) is 6.86. The molecule has 1 heterocycles. The van der Waals surface area contributed by atoms with Crippen LogP contribution in [0.5, 0.6) is 0 Å². The van der Waals surface area contributed by atoms with E-state index in [4.69, 9.17) is 4.74 Å². The molecule has 1 fully saturated rings. The Kier molecular flexibility index (Phi) is 2.86. The molecule has 0 saturated carbocycles. The van der Waals surface area contributed by atoms with E-state index in [0.29, 0.717) is 11.8 Å². The summed E-state index contributed by atoms with van der Waals surface area (Å²) >= 11 is 0. The van der Waals surface area contributed by atoms with Crippen LogP contribution in [0.4, 0.5) is 4.39 Å². The quantitative estimate of drug-likeness (QED) is 0.613. The summed E-state index contributed by atoms with van der Waals surface area (Å²) in [6.45, 7) is 5.03. The third-order valence-electron chi connectivity index (χ3n) is 4.60. The molecule has 0 aromatic heterocycles. The van der Waals surface area contributed by atoms with E-state index in [-0.39, 0.29) is 11.9 Å². The van der Waals surface area contributed by atoms with Gasteiger partial charge in [0.15, 0.2) is 0 Å². The Bertz CT molecular complexity index is 394. The summed E-state index contributed by atoms with van der Waals surface area (Å²) in [6, 6.07) is 0. The molecule has 0 bridgehead atoms. The van der Waals surface area contributed by atoms with Crippen LogP contribution in [0, 0.1) is 11.8 Å². The minimum Gasteiger partial charge on any atom is -0.373 e. The highest BCUT2D eigenvalue weighted by Gasteiger charge is 2.38. The van der Waals surface area contributed by atoms with Crippen molar-refractivity contribution >= 4 is 0 Å². The van der Waals surface area contributed by atoms with E-state index in [1.165, 1.54) is 12.0 Å². The largest absolute Gasteiger partial charge is 0.373 e. The minimum atomic E-state index is 0.0759. The SMILES string of the molecule is CC1=C(F)C2=C(CC1)C1OCC(C)CC1CC2. The van der Waals surface area contributed by atoms with E-state index >= 15 is 0 Å². The van der Waals surface area contributed by atoms with Crippen molar-refractivity contribution in [3.8, 4) is 0 Å². The molecule has 3 rings (SSSR count). The predicted molar refractivity (Wildman–Crippen MR) is 66.3 cm³/mol. The lowest BCUT2D eigenvalue weighted by Crippen LogP contribution is -2.38. The van der Waals surface area contributed by atoms with Gasteiger partial charge in [0.05, 0.1) is 6.10 Å². The number of ether oxygens (including phenoxy) is 1. The maximum absolute atomic E-state index is 14.1.